The molecule has 194 valence electrons. The van der Waals surface area contributed by atoms with Crippen LogP contribution in [0.4, 0.5) is 39.4 Å². The zero-order valence-corrected chi connectivity index (χ0v) is 22.8. The molecule has 0 radical (unpaired) electrons. The minimum Gasteiger partial charge on any atom is -0.494 e. The van der Waals surface area contributed by atoms with Crippen LogP contribution in [-0.4, -0.2) is 79.3 Å². The van der Waals surface area contributed by atoms with Crippen LogP contribution in [0.25, 0.3) is 0 Å². The number of carbonyl (C=O) groups excluding carboxylic acids is 1. The number of pyridine rings is 1. The van der Waals surface area contributed by atoms with Gasteiger partial charge in [0.2, 0.25) is 5.95 Å². The van der Waals surface area contributed by atoms with Gasteiger partial charge >= 0.3 is 6.03 Å². The fourth-order valence-corrected chi connectivity index (χ4v) is 4.82. The van der Waals surface area contributed by atoms with Crippen LogP contribution < -0.4 is 30.5 Å². The highest BCUT2D eigenvalue weighted by atomic mass is 79.9. The largest absolute Gasteiger partial charge is 0.494 e. The highest BCUT2D eigenvalue weighted by Crippen LogP contribution is 2.38. The van der Waals surface area contributed by atoms with E-state index >= 15 is 0 Å². The Bertz CT molecular complexity index is 1300. The van der Waals surface area contributed by atoms with Crippen molar-refractivity contribution in [3.05, 3.63) is 46.2 Å². The highest BCUT2D eigenvalue weighted by molar-refractivity contribution is 9.10. The van der Waals surface area contributed by atoms with Crippen LogP contribution in [0.15, 0.2) is 41.1 Å². The van der Waals surface area contributed by atoms with E-state index in [0.717, 1.165) is 31.9 Å². The molecule has 3 aromatic rings. The van der Waals surface area contributed by atoms with E-state index in [4.69, 9.17) is 16.3 Å². The fraction of sp³-hybridized carbons (Fsp3) is 0.333. The van der Waals surface area contributed by atoms with Gasteiger partial charge in [-0.2, -0.15) is 4.98 Å². The number of nitrogens with one attached hydrogen (secondary N) is 3. The number of aromatic nitrogens is 3. The van der Waals surface area contributed by atoms with E-state index in [0.29, 0.717) is 57.3 Å². The van der Waals surface area contributed by atoms with Crippen LogP contribution in [0.3, 0.4) is 0 Å². The molecule has 0 saturated carbocycles. The summed E-state index contributed by atoms with van der Waals surface area (Å²) in [5, 5.41) is 9.91. The highest BCUT2D eigenvalue weighted by Gasteiger charge is 2.25. The summed E-state index contributed by atoms with van der Waals surface area (Å²) < 4.78 is 6.31. The second kappa shape index (κ2) is 11.0. The van der Waals surface area contributed by atoms with Crippen molar-refractivity contribution in [1.82, 2.24) is 25.2 Å². The van der Waals surface area contributed by atoms with Crippen molar-refractivity contribution in [1.29, 1.82) is 0 Å². The molecule has 2 fully saturated rings. The summed E-state index contributed by atoms with van der Waals surface area (Å²) in [6, 6.07) is 7.22. The van der Waals surface area contributed by atoms with Gasteiger partial charge in [-0.25, -0.2) is 14.8 Å². The number of urea groups is 1. The Kier molecular flexibility index (Phi) is 7.49. The first-order valence-electron chi connectivity index (χ1n) is 11.8. The molecular weight excluding hydrogens is 562 g/mol. The van der Waals surface area contributed by atoms with Gasteiger partial charge in [0.05, 0.1) is 33.7 Å². The van der Waals surface area contributed by atoms with Gasteiger partial charge in [-0.15, -0.1) is 0 Å². The number of likely N-dealkylation sites (N-methyl/N-ethyl adjacent to an activating group) is 1. The van der Waals surface area contributed by atoms with Gasteiger partial charge in [0.25, 0.3) is 0 Å². The SMILES string of the molecule is COc1cc(N2CCN(C)CC2)c(Cl)cc1Nc1ncc(Br)c(Nc2cccnc2N2CCNC2=O)n1. The molecule has 5 rings (SSSR count). The second-order valence-electron chi connectivity index (χ2n) is 8.69. The number of amides is 2. The zero-order valence-electron chi connectivity index (χ0n) is 20.5. The van der Waals surface area contributed by atoms with Gasteiger partial charge < -0.3 is 30.5 Å². The van der Waals surface area contributed by atoms with Gasteiger partial charge in [0, 0.05) is 57.7 Å². The van der Waals surface area contributed by atoms with Crippen molar-refractivity contribution < 1.29 is 9.53 Å². The zero-order chi connectivity index (χ0) is 25.9. The molecule has 2 amide bonds. The summed E-state index contributed by atoms with van der Waals surface area (Å²) in [6.45, 7) is 4.84. The monoisotopic (exact) mass is 587 g/mol. The molecule has 2 aliphatic heterocycles. The maximum absolute atomic E-state index is 12.2. The van der Waals surface area contributed by atoms with Crippen LogP contribution in [-0.2, 0) is 0 Å². The van der Waals surface area contributed by atoms with E-state index in [1.165, 1.54) is 0 Å². The summed E-state index contributed by atoms with van der Waals surface area (Å²) in [4.78, 5) is 31.8. The molecule has 3 N–H and O–H groups in total. The number of rotatable bonds is 7. The number of halogens is 2. The van der Waals surface area contributed by atoms with E-state index in [9.17, 15) is 4.79 Å². The number of anilines is 6. The molecular formula is C24H27BrClN9O2. The molecule has 11 nitrogen and oxygen atoms in total. The molecule has 13 heteroatoms. The van der Waals surface area contributed by atoms with Gasteiger partial charge in [0.15, 0.2) is 5.82 Å². The average Bonchev–Trinajstić information content (AvgIpc) is 3.33. The molecule has 2 aliphatic rings. The first kappa shape index (κ1) is 25.3. The van der Waals surface area contributed by atoms with Crippen LogP contribution >= 0.6 is 27.5 Å². The lowest BCUT2D eigenvalue weighted by molar-refractivity contribution is 0.252. The van der Waals surface area contributed by atoms with Crippen molar-refractivity contribution in [3.63, 3.8) is 0 Å². The molecule has 37 heavy (non-hydrogen) atoms. The van der Waals surface area contributed by atoms with Crippen LogP contribution in [0.5, 0.6) is 5.75 Å². The smallest absolute Gasteiger partial charge is 0.323 e. The molecule has 0 unspecified atom stereocenters. The number of methoxy groups -OCH3 is 1. The van der Waals surface area contributed by atoms with Gasteiger partial charge in [-0.1, -0.05) is 11.6 Å². The third kappa shape index (κ3) is 5.50. The summed E-state index contributed by atoms with van der Waals surface area (Å²) in [6.07, 6.45) is 3.29. The lowest BCUT2D eigenvalue weighted by Crippen LogP contribution is -2.44. The molecule has 1 aromatic carbocycles. The minimum atomic E-state index is -0.185. The second-order valence-corrected chi connectivity index (χ2v) is 9.95. The quantitative estimate of drug-likeness (QED) is 0.376. The van der Waals surface area contributed by atoms with Gasteiger partial charge in [0.1, 0.15) is 11.6 Å². The van der Waals surface area contributed by atoms with Crippen LogP contribution in [0, 0.1) is 0 Å². The molecule has 2 aromatic heterocycles. The average molecular weight is 589 g/mol. The Morgan fingerprint density at radius 2 is 1.92 bits per heavy atom. The van der Waals surface area contributed by atoms with E-state index < -0.39 is 0 Å². The normalized spacial score (nSPS) is 16.1. The summed E-state index contributed by atoms with van der Waals surface area (Å²) in [7, 11) is 3.74. The first-order chi connectivity index (χ1) is 17.9. The van der Waals surface area contributed by atoms with Gasteiger partial charge in [-0.3, -0.25) is 4.90 Å². The third-order valence-corrected chi connectivity index (χ3v) is 7.14. The molecule has 0 aliphatic carbocycles. The Morgan fingerprint density at radius 3 is 2.65 bits per heavy atom. The van der Waals surface area contributed by atoms with Gasteiger partial charge in [-0.05, 0) is 41.2 Å². The minimum absolute atomic E-state index is 0.185. The lowest BCUT2D eigenvalue weighted by Gasteiger charge is -2.34. The standard InChI is InChI=1S/C24H27BrClN9O2/c1-33-8-10-34(11-9-33)19-13-20(37-2)18(12-16(19)26)31-23-29-14-15(25)21(32-23)30-17-4-3-5-27-22(17)35-7-6-28-24(35)36/h3-5,12-14H,6-11H2,1-2H3,(H,28,36)(H2,29,30,31,32). The number of carbonyl (C=O) groups is 1. The predicted molar refractivity (Wildman–Crippen MR) is 149 cm³/mol. The van der Waals surface area contributed by atoms with Crippen molar-refractivity contribution in [2.75, 3.05) is 73.9 Å². The summed E-state index contributed by atoms with van der Waals surface area (Å²) in [5.41, 5.74) is 2.22. The topological polar surface area (TPSA) is 111 Å². The lowest BCUT2D eigenvalue weighted by atomic mass is 10.2. The molecule has 0 atom stereocenters. The van der Waals surface area contributed by atoms with Crippen molar-refractivity contribution in [2.24, 2.45) is 0 Å². The summed E-state index contributed by atoms with van der Waals surface area (Å²) in [5.74, 6) is 2.00. The first-order valence-corrected chi connectivity index (χ1v) is 13.0. The molecule has 4 heterocycles. The molecule has 0 bridgehead atoms. The van der Waals surface area contributed by atoms with Crippen molar-refractivity contribution >= 4 is 68.2 Å². The number of benzene rings is 1. The molecule has 0 spiro atoms. The van der Waals surface area contributed by atoms with Crippen molar-refractivity contribution in [3.8, 4) is 5.75 Å². The van der Waals surface area contributed by atoms with Crippen molar-refractivity contribution in [2.45, 2.75) is 0 Å². The van der Waals surface area contributed by atoms with Crippen LogP contribution in [0.2, 0.25) is 5.02 Å². The Morgan fingerprint density at radius 1 is 1.11 bits per heavy atom. The molecule has 2 saturated heterocycles. The van der Waals surface area contributed by atoms with E-state index in [1.54, 1.807) is 30.5 Å². The van der Waals surface area contributed by atoms with Crippen LogP contribution in [0.1, 0.15) is 0 Å². The number of nitrogens with zero attached hydrogens (tertiary/aromatic N) is 6. The number of hydrogen-bond donors (Lipinski definition) is 3. The van der Waals surface area contributed by atoms with E-state index in [2.05, 4.69) is 63.7 Å². The number of piperazine rings is 1. The number of ether oxygens (including phenoxy) is 1. The maximum Gasteiger partial charge on any atom is 0.323 e. The van der Waals surface area contributed by atoms with E-state index in [-0.39, 0.29) is 6.03 Å². The fourth-order valence-electron chi connectivity index (χ4n) is 4.25. The Balaban J connectivity index is 1.39. The Hall–Kier alpha value is -3.35. The predicted octanol–water partition coefficient (Wildman–Crippen LogP) is 4.06. The van der Waals surface area contributed by atoms with E-state index in [1.807, 2.05) is 18.2 Å². The third-order valence-electron chi connectivity index (χ3n) is 6.26. The number of hydrogen-bond acceptors (Lipinski definition) is 9. The Labute approximate surface area is 228 Å². The summed E-state index contributed by atoms with van der Waals surface area (Å²) >= 11 is 10.2. The maximum atomic E-state index is 12.2.